The molecule has 118 valence electrons. The van der Waals surface area contributed by atoms with Crippen molar-refractivity contribution in [1.29, 1.82) is 0 Å². The summed E-state index contributed by atoms with van der Waals surface area (Å²) in [6.07, 6.45) is 0. The monoisotopic (exact) mass is 297 g/mol. The molecule has 0 saturated heterocycles. The fourth-order valence-corrected chi connectivity index (χ4v) is 1.23. The van der Waals surface area contributed by atoms with Gasteiger partial charge in [-0.25, -0.2) is 9.59 Å². The topological polar surface area (TPSA) is 95.9 Å². The number of carbonyl (C=O) groups is 2. The Balaban J connectivity index is 0.000000567. The molecule has 0 atom stereocenters. The van der Waals surface area contributed by atoms with Crippen LogP contribution in [0.25, 0.3) is 0 Å². The zero-order valence-corrected chi connectivity index (χ0v) is 12.8. The molecule has 0 fully saturated rings. The van der Waals surface area contributed by atoms with Gasteiger partial charge in [0.2, 0.25) is 0 Å². The summed E-state index contributed by atoms with van der Waals surface area (Å²) in [7, 11) is 0. The largest absolute Gasteiger partial charge is 0.492 e. The Kier molecular flexibility index (Phi) is 8.08. The summed E-state index contributed by atoms with van der Waals surface area (Å²) in [5.41, 5.74) is 1.42. The highest BCUT2D eigenvalue weighted by atomic mass is 16.5. The predicted octanol–water partition coefficient (Wildman–Crippen LogP) is 1.92. The third-order valence-corrected chi connectivity index (χ3v) is 2.23. The Morgan fingerprint density at radius 3 is 1.95 bits per heavy atom. The van der Waals surface area contributed by atoms with E-state index in [0.717, 1.165) is 12.3 Å². The fraction of sp³-hybridized carbons (Fsp3) is 0.467. The Morgan fingerprint density at radius 2 is 1.57 bits per heavy atom. The van der Waals surface area contributed by atoms with Gasteiger partial charge in [-0.05, 0) is 39.8 Å². The van der Waals surface area contributed by atoms with Crippen molar-refractivity contribution in [3.05, 3.63) is 29.8 Å². The van der Waals surface area contributed by atoms with Gasteiger partial charge in [-0.3, -0.25) is 0 Å². The summed E-state index contributed by atoms with van der Waals surface area (Å²) in [6, 6.07) is 8.14. The molecule has 1 aromatic rings. The molecule has 0 aliphatic heterocycles. The minimum atomic E-state index is -1.82. The summed E-state index contributed by atoms with van der Waals surface area (Å²) in [5.74, 6) is -2.71. The summed E-state index contributed by atoms with van der Waals surface area (Å²) >= 11 is 0. The molecule has 0 saturated carbocycles. The Hall–Kier alpha value is -2.08. The normalized spacial score (nSPS) is 10.3. The molecule has 3 N–H and O–H groups in total. The highest BCUT2D eigenvalue weighted by molar-refractivity contribution is 6.27. The molecule has 0 bridgehead atoms. The third-order valence-electron chi connectivity index (χ3n) is 2.23. The number of rotatable bonds is 4. The molecule has 0 spiro atoms. The fourth-order valence-electron chi connectivity index (χ4n) is 1.23. The van der Waals surface area contributed by atoms with Gasteiger partial charge >= 0.3 is 11.9 Å². The molecule has 0 aromatic heterocycles. The lowest BCUT2D eigenvalue weighted by Gasteiger charge is -2.20. The van der Waals surface area contributed by atoms with Crippen LogP contribution in [0, 0.1) is 6.92 Å². The van der Waals surface area contributed by atoms with E-state index in [0.29, 0.717) is 6.61 Å². The molecule has 0 aliphatic rings. The number of aryl methyl sites for hydroxylation is 1. The van der Waals surface area contributed by atoms with Crippen molar-refractivity contribution >= 4 is 11.9 Å². The highest BCUT2D eigenvalue weighted by Gasteiger charge is 2.07. The van der Waals surface area contributed by atoms with Crippen LogP contribution < -0.4 is 10.1 Å². The number of ether oxygens (including phenoxy) is 1. The summed E-state index contributed by atoms with van der Waals surface area (Å²) in [6.45, 7) is 10.1. The van der Waals surface area contributed by atoms with Gasteiger partial charge in [0, 0.05) is 12.1 Å². The second-order valence-corrected chi connectivity index (χ2v) is 5.45. The molecule has 1 rings (SSSR count). The number of hydrogen-bond acceptors (Lipinski definition) is 4. The maximum absolute atomic E-state index is 9.10. The third kappa shape index (κ3) is 11.4. The number of carboxylic acids is 2. The van der Waals surface area contributed by atoms with Gasteiger partial charge < -0.3 is 20.3 Å². The highest BCUT2D eigenvalue weighted by Crippen LogP contribution is 2.10. The van der Waals surface area contributed by atoms with Crippen LogP contribution in [-0.4, -0.2) is 40.8 Å². The molecule has 0 unspecified atom stereocenters. The van der Waals surface area contributed by atoms with Crippen LogP contribution in [0.1, 0.15) is 26.3 Å². The van der Waals surface area contributed by atoms with Crippen molar-refractivity contribution in [3.63, 3.8) is 0 Å². The van der Waals surface area contributed by atoms with E-state index >= 15 is 0 Å². The maximum atomic E-state index is 9.10. The molecule has 1 aromatic carbocycles. The van der Waals surface area contributed by atoms with Crippen molar-refractivity contribution in [1.82, 2.24) is 5.32 Å². The SMILES string of the molecule is Cc1ccc(OCCNC(C)(C)C)cc1.O=C(O)C(=O)O. The molecule has 0 radical (unpaired) electrons. The van der Waals surface area contributed by atoms with Crippen LogP contribution >= 0.6 is 0 Å². The van der Waals surface area contributed by atoms with Gasteiger partial charge in [0.25, 0.3) is 0 Å². The first kappa shape index (κ1) is 18.9. The molecule has 0 amide bonds. The molecular weight excluding hydrogens is 274 g/mol. The Morgan fingerprint density at radius 1 is 1.10 bits per heavy atom. The minimum absolute atomic E-state index is 0.163. The molecular formula is C15H23NO5. The van der Waals surface area contributed by atoms with Gasteiger partial charge in [-0.2, -0.15) is 0 Å². The first-order valence-electron chi connectivity index (χ1n) is 6.52. The van der Waals surface area contributed by atoms with E-state index < -0.39 is 11.9 Å². The van der Waals surface area contributed by atoms with E-state index in [1.807, 2.05) is 12.1 Å². The minimum Gasteiger partial charge on any atom is -0.492 e. The van der Waals surface area contributed by atoms with Crippen LogP contribution in [0.4, 0.5) is 0 Å². The molecule has 6 heteroatoms. The average Bonchev–Trinajstić information content (AvgIpc) is 2.36. The van der Waals surface area contributed by atoms with Crippen molar-refractivity contribution < 1.29 is 24.5 Å². The first-order chi connectivity index (χ1) is 9.61. The molecule has 0 heterocycles. The van der Waals surface area contributed by atoms with Crippen LogP contribution in [0.5, 0.6) is 5.75 Å². The van der Waals surface area contributed by atoms with Crippen LogP contribution in [0.2, 0.25) is 0 Å². The number of nitrogens with one attached hydrogen (secondary N) is 1. The lowest BCUT2D eigenvalue weighted by Crippen LogP contribution is -2.38. The van der Waals surface area contributed by atoms with Crippen molar-refractivity contribution in [2.45, 2.75) is 33.2 Å². The maximum Gasteiger partial charge on any atom is 0.414 e. The van der Waals surface area contributed by atoms with Crippen LogP contribution in [0.15, 0.2) is 24.3 Å². The van der Waals surface area contributed by atoms with Gasteiger partial charge in [-0.1, -0.05) is 17.7 Å². The summed E-state index contributed by atoms with van der Waals surface area (Å²) in [4.78, 5) is 18.2. The van der Waals surface area contributed by atoms with E-state index in [9.17, 15) is 0 Å². The number of carboxylic acid groups (broad SMARTS) is 2. The van der Waals surface area contributed by atoms with Gasteiger partial charge in [0.1, 0.15) is 12.4 Å². The van der Waals surface area contributed by atoms with Crippen molar-refractivity contribution in [3.8, 4) is 5.75 Å². The average molecular weight is 297 g/mol. The lowest BCUT2D eigenvalue weighted by molar-refractivity contribution is -0.159. The van der Waals surface area contributed by atoms with Crippen molar-refractivity contribution in [2.75, 3.05) is 13.2 Å². The Labute approximate surface area is 124 Å². The lowest BCUT2D eigenvalue weighted by atomic mass is 10.1. The van der Waals surface area contributed by atoms with Crippen LogP contribution in [-0.2, 0) is 9.59 Å². The summed E-state index contributed by atoms with van der Waals surface area (Å²) < 4.78 is 5.59. The number of benzene rings is 1. The number of hydrogen-bond donors (Lipinski definition) is 3. The van der Waals surface area contributed by atoms with E-state index in [4.69, 9.17) is 24.5 Å². The number of aliphatic carboxylic acids is 2. The first-order valence-corrected chi connectivity index (χ1v) is 6.52. The van der Waals surface area contributed by atoms with Gasteiger partial charge in [0.15, 0.2) is 0 Å². The second-order valence-electron chi connectivity index (χ2n) is 5.45. The molecule has 6 nitrogen and oxygen atoms in total. The van der Waals surface area contributed by atoms with E-state index in [1.165, 1.54) is 5.56 Å². The van der Waals surface area contributed by atoms with Gasteiger partial charge in [0.05, 0.1) is 0 Å². The quantitative estimate of drug-likeness (QED) is 0.580. The Bertz CT molecular complexity index is 436. The zero-order chi connectivity index (χ0) is 16.5. The van der Waals surface area contributed by atoms with Gasteiger partial charge in [-0.15, -0.1) is 0 Å². The van der Waals surface area contributed by atoms with E-state index in [2.05, 4.69) is 45.1 Å². The zero-order valence-electron chi connectivity index (χ0n) is 12.8. The smallest absolute Gasteiger partial charge is 0.414 e. The standard InChI is InChI=1S/C13H21NO.C2H2O4/c1-11-5-7-12(8-6-11)15-10-9-14-13(2,3)4;3-1(4)2(5)6/h5-8,14H,9-10H2,1-4H3;(H,3,4)(H,5,6). The molecule has 21 heavy (non-hydrogen) atoms. The van der Waals surface area contributed by atoms with E-state index in [1.54, 1.807) is 0 Å². The molecule has 0 aliphatic carbocycles. The van der Waals surface area contributed by atoms with Crippen molar-refractivity contribution in [2.24, 2.45) is 0 Å². The second kappa shape index (κ2) is 8.97. The summed E-state index contributed by atoms with van der Waals surface area (Å²) in [5, 5.41) is 18.2. The van der Waals surface area contributed by atoms with Crippen LogP contribution in [0.3, 0.4) is 0 Å². The van der Waals surface area contributed by atoms with E-state index in [-0.39, 0.29) is 5.54 Å². The predicted molar refractivity (Wildman–Crippen MR) is 79.7 cm³/mol.